The summed E-state index contributed by atoms with van der Waals surface area (Å²) in [4.78, 5) is 38.5. The van der Waals surface area contributed by atoms with Crippen LogP contribution in [0.1, 0.15) is 48.5 Å². The predicted molar refractivity (Wildman–Crippen MR) is 129 cm³/mol. The molecule has 0 aliphatic carbocycles. The summed E-state index contributed by atoms with van der Waals surface area (Å²) >= 11 is 0. The van der Waals surface area contributed by atoms with Gasteiger partial charge in [-0.15, -0.1) is 0 Å². The highest BCUT2D eigenvalue weighted by Crippen LogP contribution is 2.24. The van der Waals surface area contributed by atoms with Gasteiger partial charge in [-0.25, -0.2) is 9.59 Å². The van der Waals surface area contributed by atoms with E-state index in [-0.39, 0.29) is 17.5 Å². The van der Waals surface area contributed by atoms with Gasteiger partial charge in [0, 0.05) is 17.9 Å². The largest absolute Gasteiger partial charge is 0.478 e. The van der Waals surface area contributed by atoms with Crippen LogP contribution in [-0.2, 0) is 4.79 Å². The van der Waals surface area contributed by atoms with Crippen molar-refractivity contribution < 1.29 is 19.5 Å². The van der Waals surface area contributed by atoms with Crippen LogP contribution in [0.3, 0.4) is 0 Å². The maximum absolute atomic E-state index is 13.0. The number of carboxylic acid groups (broad SMARTS) is 1. The lowest BCUT2D eigenvalue weighted by atomic mass is 10.0. The zero-order chi connectivity index (χ0) is 23.5. The molecule has 33 heavy (non-hydrogen) atoms. The average Bonchev–Trinajstić information content (AvgIpc) is 3.29. The second kappa shape index (κ2) is 9.32. The molecule has 170 valence electrons. The Bertz CT molecular complexity index is 1200. The van der Waals surface area contributed by atoms with Crippen LogP contribution in [0, 0.1) is 0 Å². The van der Waals surface area contributed by atoms with Gasteiger partial charge in [0.2, 0.25) is 5.91 Å². The maximum atomic E-state index is 13.0. The Morgan fingerprint density at radius 2 is 1.58 bits per heavy atom. The van der Waals surface area contributed by atoms with Crippen LogP contribution in [0.2, 0.25) is 0 Å². The average molecular weight is 446 g/mol. The third-order valence-electron chi connectivity index (χ3n) is 6.00. The first-order valence-corrected chi connectivity index (χ1v) is 11.1. The third kappa shape index (κ3) is 4.98. The minimum Gasteiger partial charge on any atom is -0.478 e. The molecule has 1 fully saturated rings. The van der Waals surface area contributed by atoms with Crippen molar-refractivity contribution in [3.05, 3.63) is 71.8 Å². The van der Waals surface area contributed by atoms with Crippen LogP contribution in [0.5, 0.6) is 0 Å². The van der Waals surface area contributed by atoms with Gasteiger partial charge in [0.05, 0.1) is 5.56 Å². The van der Waals surface area contributed by atoms with Crippen molar-refractivity contribution in [2.75, 3.05) is 17.2 Å². The smallest absolute Gasteiger partial charge is 0.335 e. The van der Waals surface area contributed by atoms with Gasteiger partial charge in [-0.1, -0.05) is 38.1 Å². The first-order valence-electron chi connectivity index (χ1n) is 11.1. The molecular weight excluding hydrogens is 418 g/mol. The highest BCUT2D eigenvalue weighted by molar-refractivity contribution is 6.01. The summed E-state index contributed by atoms with van der Waals surface area (Å²) < 4.78 is 0. The van der Waals surface area contributed by atoms with Gasteiger partial charge in [-0.3, -0.25) is 4.79 Å². The van der Waals surface area contributed by atoms with Gasteiger partial charge in [0.1, 0.15) is 6.04 Å². The summed E-state index contributed by atoms with van der Waals surface area (Å²) in [6.45, 7) is 4.75. The number of urea groups is 1. The molecule has 1 atom stereocenters. The Balaban J connectivity index is 1.43. The van der Waals surface area contributed by atoms with E-state index in [1.807, 2.05) is 24.3 Å². The van der Waals surface area contributed by atoms with Crippen molar-refractivity contribution in [2.24, 2.45) is 0 Å². The fourth-order valence-corrected chi connectivity index (χ4v) is 4.11. The number of amides is 3. The van der Waals surface area contributed by atoms with Gasteiger partial charge in [-0.2, -0.15) is 0 Å². The lowest BCUT2D eigenvalue weighted by molar-refractivity contribution is -0.119. The molecule has 3 aromatic rings. The second-order valence-corrected chi connectivity index (χ2v) is 8.63. The number of anilines is 2. The van der Waals surface area contributed by atoms with Gasteiger partial charge in [0.15, 0.2) is 0 Å². The summed E-state index contributed by atoms with van der Waals surface area (Å²) in [5.74, 6) is -0.806. The molecule has 0 aromatic heterocycles. The van der Waals surface area contributed by atoms with Crippen LogP contribution in [0.15, 0.2) is 60.7 Å². The van der Waals surface area contributed by atoms with Crippen molar-refractivity contribution in [2.45, 2.75) is 38.6 Å². The summed E-state index contributed by atoms with van der Waals surface area (Å²) in [6, 6.07) is 17.1. The Morgan fingerprint density at radius 1 is 0.909 bits per heavy atom. The summed E-state index contributed by atoms with van der Waals surface area (Å²) in [5, 5.41) is 16.5. The molecule has 4 rings (SSSR count). The number of hydrogen-bond donors (Lipinski definition) is 3. The van der Waals surface area contributed by atoms with Crippen LogP contribution >= 0.6 is 0 Å². The van der Waals surface area contributed by atoms with E-state index in [4.69, 9.17) is 5.11 Å². The Hall–Kier alpha value is -3.87. The summed E-state index contributed by atoms with van der Waals surface area (Å²) in [6.07, 6.45) is 1.36. The van der Waals surface area contributed by atoms with Gasteiger partial charge in [-0.05, 0) is 71.5 Å². The summed E-state index contributed by atoms with van der Waals surface area (Å²) in [7, 11) is 0. The lowest BCUT2D eigenvalue weighted by Crippen LogP contribution is -2.45. The minimum atomic E-state index is -0.982. The van der Waals surface area contributed by atoms with E-state index in [9.17, 15) is 14.4 Å². The number of carbonyl (C=O) groups excluding carboxylic acids is 2. The van der Waals surface area contributed by atoms with Crippen molar-refractivity contribution in [1.82, 2.24) is 4.90 Å². The molecule has 0 bridgehead atoms. The molecule has 3 N–H and O–H groups in total. The molecule has 1 aliphatic heterocycles. The first kappa shape index (κ1) is 22.3. The SMILES string of the molecule is CC(C)c1ccc(NC(=O)N2CCC[C@@H]2C(=O)Nc2ccc3cc(C(=O)O)ccc3c2)cc1. The number of likely N-dealkylation sites (tertiary alicyclic amines) is 1. The number of fused-ring (bicyclic) bond motifs is 1. The fraction of sp³-hybridized carbons (Fsp3) is 0.269. The van der Waals surface area contributed by atoms with Gasteiger partial charge in [0.25, 0.3) is 0 Å². The summed E-state index contributed by atoms with van der Waals surface area (Å²) in [5.41, 5.74) is 2.71. The molecule has 1 saturated heterocycles. The highest BCUT2D eigenvalue weighted by Gasteiger charge is 2.34. The van der Waals surface area contributed by atoms with Gasteiger partial charge < -0.3 is 20.6 Å². The number of nitrogens with zero attached hydrogens (tertiary/aromatic N) is 1. The Kier molecular flexibility index (Phi) is 6.31. The second-order valence-electron chi connectivity index (χ2n) is 8.63. The predicted octanol–water partition coefficient (Wildman–Crippen LogP) is 5.30. The molecule has 0 saturated carbocycles. The number of hydrogen-bond acceptors (Lipinski definition) is 3. The monoisotopic (exact) mass is 445 g/mol. The molecule has 0 radical (unpaired) electrons. The molecule has 3 aromatic carbocycles. The van der Waals surface area contributed by atoms with E-state index < -0.39 is 12.0 Å². The van der Waals surface area contributed by atoms with Gasteiger partial charge >= 0.3 is 12.0 Å². The molecule has 1 aliphatic rings. The van der Waals surface area contributed by atoms with Crippen LogP contribution in [0.4, 0.5) is 16.2 Å². The first-order chi connectivity index (χ1) is 15.8. The fourth-order valence-electron chi connectivity index (χ4n) is 4.11. The molecule has 0 spiro atoms. The van der Waals surface area contributed by atoms with E-state index in [1.54, 1.807) is 35.2 Å². The number of rotatable bonds is 5. The standard InChI is InChI=1S/C26H27N3O4/c1-16(2)17-7-10-21(11-8-17)28-26(33)29-13-3-4-23(29)24(30)27-22-12-9-18-14-20(25(31)32)6-5-19(18)15-22/h5-12,14-16,23H,3-4,13H2,1-2H3,(H,27,30)(H,28,33)(H,31,32)/t23-/m1/s1. The van der Waals surface area contributed by atoms with Crippen LogP contribution in [-0.4, -0.2) is 40.5 Å². The topological polar surface area (TPSA) is 98.7 Å². The Labute approximate surface area is 192 Å². The molecule has 0 unspecified atom stereocenters. The zero-order valence-corrected chi connectivity index (χ0v) is 18.7. The third-order valence-corrected chi connectivity index (χ3v) is 6.00. The van der Waals surface area contributed by atoms with Crippen molar-refractivity contribution >= 4 is 40.1 Å². The molecule has 7 nitrogen and oxygen atoms in total. The van der Waals surface area contributed by atoms with E-state index in [2.05, 4.69) is 24.5 Å². The molecular formula is C26H27N3O4. The quantitative estimate of drug-likeness (QED) is 0.496. The molecule has 3 amide bonds. The minimum absolute atomic E-state index is 0.214. The van der Waals surface area contributed by atoms with Crippen molar-refractivity contribution in [1.29, 1.82) is 0 Å². The number of carboxylic acids is 1. The lowest BCUT2D eigenvalue weighted by Gasteiger charge is -2.24. The number of benzene rings is 3. The van der Waals surface area contributed by atoms with Crippen LogP contribution in [0.25, 0.3) is 10.8 Å². The van der Waals surface area contributed by atoms with E-state index >= 15 is 0 Å². The van der Waals surface area contributed by atoms with Crippen molar-refractivity contribution in [3.63, 3.8) is 0 Å². The number of aromatic carboxylic acids is 1. The molecule has 1 heterocycles. The van der Waals surface area contributed by atoms with Crippen molar-refractivity contribution in [3.8, 4) is 0 Å². The molecule has 7 heteroatoms. The Morgan fingerprint density at radius 3 is 2.27 bits per heavy atom. The van der Waals surface area contributed by atoms with E-state index in [0.717, 1.165) is 17.2 Å². The highest BCUT2D eigenvalue weighted by atomic mass is 16.4. The number of nitrogens with one attached hydrogen (secondary N) is 2. The number of carbonyl (C=O) groups is 3. The van der Waals surface area contributed by atoms with E-state index in [1.165, 1.54) is 11.6 Å². The zero-order valence-electron chi connectivity index (χ0n) is 18.7. The van der Waals surface area contributed by atoms with Crippen LogP contribution < -0.4 is 10.6 Å². The van der Waals surface area contributed by atoms with E-state index in [0.29, 0.717) is 30.3 Å². The maximum Gasteiger partial charge on any atom is 0.335 e. The normalized spacial score (nSPS) is 15.6.